The Bertz CT molecular complexity index is 822. The van der Waals surface area contributed by atoms with Crippen molar-refractivity contribution in [3.8, 4) is 0 Å². The lowest BCUT2D eigenvalue weighted by Gasteiger charge is -2.24. The van der Waals surface area contributed by atoms with Gasteiger partial charge in [0.05, 0.1) is 6.33 Å². The van der Waals surface area contributed by atoms with Crippen LogP contribution in [0.3, 0.4) is 0 Å². The number of esters is 1. The van der Waals surface area contributed by atoms with Crippen molar-refractivity contribution in [1.29, 1.82) is 0 Å². The number of rotatable bonds is 3. The van der Waals surface area contributed by atoms with Crippen LogP contribution in [0.2, 0.25) is 0 Å². The highest BCUT2D eigenvalue weighted by Crippen LogP contribution is 2.43. The first-order valence-corrected chi connectivity index (χ1v) is 7.93. The summed E-state index contributed by atoms with van der Waals surface area (Å²) < 4.78 is 24.9. The quantitative estimate of drug-likeness (QED) is 0.783. The molecule has 2 aliphatic rings. The summed E-state index contributed by atoms with van der Waals surface area (Å²) in [6.45, 7) is 5.09. The number of nitrogens with two attached hydrogens (primary N) is 1. The SMILES string of the molecule is CC(=O)OC[C@@H]1O[C@H](n2cnc3c(N)ncnc32)[C@H]2OC(C)(C)O[C@@H]21. The zero-order chi connectivity index (χ0) is 17.8. The fourth-order valence-corrected chi connectivity index (χ4v) is 3.27. The predicted octanol–water partition coefficient (Wildman–Crippen LogP) is 0.389. The minimum atomic E-state index is -0.768. The van der Waals surface area contributed by atoms with Crippen molar-refractivity contribution in [1.82, 2.24) is 19.5 Å². The monoisotopic (exact) mass is 349 g/mol. The van der Waals surface area contributed by atoms with Gasteiger partial charge in [-0.2, -0.15) is 0 Å². The molecule has 10 nitrogen and oxygen atoms in total. The van der Waals surface area contributed by atoms with Gasteiger partial charge in [0, 0.05) is 6.92 Å². The molecule has 134 valence electrons. The van der Waals surface area contributed by atoms with E-state index in [1.165, 1.54) is 13.3 Å². The summed E-state index contributed by atoms with van der Waals surface area (Å²) in [5.41, 5.74) is 6.87. The van der Waals surface area contributed by atoms with E-state index in [0.717, 1.165) is 0 Å². The third-order valence-electron chi connectivity index (χ3n) is 4.24. The summed E-state index contributed by atoms with van der Waals surface area (Å²) in [5, 5.41) is 0. The Morgan fingerprint density at radius 3 is 2.84 bits per heavy atom. The topological polar surface area (TPSA) is 124 Å². The van der Waals surface area contributed by atoms with Crippen LogP contribution in [0.15, 0.2) is 12.7 Å². The summed E-state index contributed by atoms with van der Waals surface area (Å²) in [6, 6.07) is 0. The first-order chi connectivity index (χ1) is 11.9. The molecule has 2 saturated heterocycles. The van der Waals surface area contributed by atoms with E-state index < -0.39 is 24.2 Å². The molecule has 0 amide bonds. The molecule has 2 aliphatic heterocycles. The second-order valence-corrected chi connectivity index (χ2v) is 6.52. The van der Waals surface area contributed by atoms with Crippen LogP contribution in [0.1, 0.15) is 27.0 Å². The number of nitrogen functional groups attached to an aromatic ring is 1. The van der Waals surface area contributed by atoms with E-state index in [2.05, 4.69) is 15.0 Å². The van der Waals surface area contributed by atoms with E-state index in [9.17, 15) is 4.79 Å². The fourth-order valence-electron chi connectivity index (χ4n) is 3.27. The van der Waals surface area contributed by atoms with Crippen molar-refractivity contribution >= 4 is 23.0 Å². The summed E-state index contributed by atoms with van der Waals surface area (Å²) >= 11 is 0. The number of aromatic nitrogens is 4. The van der Waals surface area contributed by atoms with Crippen molar-refractivity contribution in [2.75, 3.05) is 12.3 Å². The first-order valence-electron chi connectivity index (χ1n) is 7.93. The highest BCUT2D eigenvalue weighted by Gasteiger charge is 2.56. The average molecular weight is 349 g/mol. The minimum Gasteiger partial charge on any atom is -0.463 e. The summed E-state index contributed by atoms with van der Waals surface area (Å²) in [4.78, 5) is 23.6. The lowest BCUT2D eigenvalue weighted by atomic mass is 10.1. The van der Waals surface area contributed by atoms with E-state index in [4.69, 9.17) is 24.7 Å². The van der Waals surface area contributed by atoms with Gasteiger partial charge in [-0.3, -0.25) is 9.36 Å². The molecule has 4 atom stereocenters. The van der Waals surface area contributed by atoms with Gasteiger partial charge in [0.15, 0.2) is 23.5 Å². The molecule has 0 aromatic carbocycles. The van der Waals surface area contributed by atoms with Gasteiger partial charge >= 0.3 is 5.97 Å². The molecule has 0 spiro atoms. The molecule has 0 aliphatic carbocycles. The van der Waals surface area contributed by atoms with E-state index in [1.807, 2.05) is 13.8 Å². The van der Waals surface area contributed by atoms with Crippen LogP contribution in [0.4, 0.5) is 5.82 Å². The van der Waals surface area contributed by atoms with Crippen molar-refractivity contribution in [2.24, 2.45) is 0 Å². The van der Waals surface area contributed by atoms with Crippen LogP contribution in [0.25, 0.3) is 11.2 Å². The molecule has 4 heterocycles. The summed E-state index contributed by atoms with van der Waals surface area (Å²) in [6.07, 6.45) is 1.18. The Morgan fingerprint density at radius 2 is 2.08 bits per heavy atom. The number of nitrogens with zero attached hydrogens (tertiary/aromatic N) is 4. The number of ether oxygens (including phenoxy) is 4. The molecule has 0 unspecified atom stereocenters. The second kappa shape index (κ2) is 5.61. The summed E-state index contributed by atoms with van der Waals surface area (Å²) in [5.74, 6) is -0.856. The minimum absolute atomic E-state index is 0.0796. The van der Waals surface area contributed by atoms with Crippen molar-refractivity contribution in [2.45, 2.75) is 51.1 Å². The smallest absolute Gasteiger partial charge is 0.302 e. The Balaban J connectivity index is 1.68. The molecular weight excluding hydrogens is 330 g/mol. The molecular formula is C15H19N5O5. The number of hydrogen-bond donors (Lipinski definition) is 1. The van der Waals surface area contributed by atoms with E-state index in [0.29, 0.717) is 17.0 Å². The first kappa shape index (κ1) is 16.2. The number of fused-ring (bicyclic) bond motifs is 2. The van der Waals surface area contributed by atoms with Crippen LogP contribution in [0, 0.1) is 0 Å². The van der Waals surface area contributed by atoms with Crippen LogP contribution in [-0.4, -0.2) is 56.2 Å². The van der Waals surface area contributed by atoms with E-state index in [1.54, 1.807) is 10.9 Å². The summed E-state index contributed by atoms with van der Waals surface area (Å²) in [7, 11) is 0. The van der Waals surface area contributed by atoms with Gasteiger partial charge in [0.1, 0.15) is 36.8 Å². The average Bonchev–Trinajstić information content (AvgIpc) is 3.17. The molecule has 0 saturated carbocycles. The molecule has 0 radical (unpaired) electrons. The lowest BCUT2D eigenvalue weighted by Crippen LogP contribution is -2.33. The van der Waals surface area contributed by atoms with Crippen molar-refractivity contribution in [3.05, 3.63) is 12.7 Å². The van der Waals surface area contributed by atoms with Crippen molar-refractivity contribution < 1.29 is 23.7 Å². The zero-order valence-electron chi connectivity index (χ0n) is 14.1. The number of carbonyl (C=O) groups excluding carboxylic acids is 1. The molecule has 4 rings (SSSR count). The predicted molar refractivity (Wildman–Crippen MR) is 84.1 cm³/mol. The van der Waals surface area contributed by atoms with Crippen LogP contribution in [-0.2, 0) is 23.7 Å². The van der Waals surface area contributed by atoms with Crippen LogP contribution in [0.5, 0.6) is 0 Å². The molecule has 10 heteroatoms. The number of hydrogen-bond acceptors (Lipinski definition) is 9. The molecule has 25 heavy (non-hydrogen) atoms. The Kier molecular flexibility index (Phi) is 3.63. The van der Waals surface area contributed by atoms with Gasteiger partial charge in [-0.25, -0.2) is 15.0 Å². The van der Waals surface area contributed by atoms with Crippen LogP contribution >= 0.6 is 0 Å². The van der Waals surface area contributed by atoms with E-state index >= 15 is 0 Å². The Morgan fingerprint density at radius 1 is 1.32 bits per heavy atom. The van der Waals surface area contributed by atoms with Gasteiger partial charge in [0.25, 0.3) is 0 Å². The van der Waals surface area contributed by atoms with Gasteiger partial charge in [-0.05, 0) is 13.8 Å². The fraction of sp³-hybridized carbons (Fsp3) is 0.600. The molecule has 2 aromatic rings. The molecule has 2 fully saturated rings. The largest absolute Gasteiger partial charge is 0.463 e. The lowest BCUT2D eigenvalue weighted by molar-refractivity contribution is -0.201. The van der Waals surface area contributed by atoms with E-state index in [-0.39, 0.29) is 18.7 Å². The van der Waals surface area contributed by atoms with Gasteiger partial charge in [-0.15, -0.1) is 0 Å². The van der Waals surface area contributed by atoms with Gasteiger partial charge in [-0.1, -0.05) is 0 Å². The van der Waals surface area contributed by atoms with Gasteiger partial charge < -0.3 is 24.7 Å². The normalized spacial score (nSPS) is 30.5. The Labute approximate surface area is 143 Å². The maximum absolute atomic E-state index is 11.1. The number of carbonyl (C=O) groups is 1. The highest BCUT2D eigenvalue weighted by molar-refractivity contribution is 5.81. The standard InChI is InChI=1S/C15H19N5O5/c1-7(21)22-4-8-10-11(25-15(2,3)24-10)14(23-8)20-6-19-9-12(16)17-5-18-13(9)20/h5-6,8,10-11,14H,4H2,1-3H3,(H2,16,17,18)/t8-,10+,11-,14-/m0/s1. The second-order valence-electron chi connectivity index (χ2n) is 6.52. The Hall–Kier alpha value is -2.30. The molecule has 0 bridgehead atoms. The maximum Gasteiger partial charge on any atom is 0.302 e. The zero-order valence-corrected chi connectivity index (χ0v) is 14.1. The third kappa shape index (κ3) is 2.71. The number of anilines is 1. The highest BCUT2D eigenvalue weighted by atomic mass is 16.8. The number of imidazole rings is 1. The van der Waals surface area contributed by atoms with Gasteiger partial charge in [0.2, 0.25) is 0 Å². The molecule has 2 N–H and O–H groups in total. The molecule has 2 aromatic heterocycles. The third-order valence-corrected chi connectivity index (χ3v) is 4.24. The van der Waals surface area contributed by atoms with Crippen LogP contribution < -0.4 is 5.73 Å². The maximum atomic E-state index is 11.1. The van der Waals surface area contributed by atoms with Crippen molar-refractivity contribution in [3.63, 3.8) is 0 Å².